The molecule has 92 heavy (non-hydrogen) atoms. The van der Waals surface area contributed by atoms with Gasteiger partial charge < -0.3 is 56.8 Å². The molecule has 468 valence electrons. The third-order valence-electron chi connectivity index (χ3n) is 15.6. The van der Waals surface area contributed by atoms with E-state index in [9.17, 15) is 0 Å². The van der Waals surface area contributed by atoms with Crippen molar-refractivity contribution in [1.29, 1.82) is 0 Å². The molecule has 0 aromatic heterocycles. The number of ether oxygens (including phenoxy) is 12. The van der Waals surface area contributed by atoms with Crippen LogP contribution in [0.5, 0.6) is 69.0 Å². The molecule has 0 unspecified atom stereocenters. The molecule has 0 heterocycles. The molecule has 0 saturated carbocycles. The third-order valence-corrected chi connectivity index (χ3v) is 15.6. The van der Waals surface area contributed by atoms with Gasteiger partial charge in [0.1, 0.15) is 69.0 Å². The molecule has 10 aromatic rings. The molecule has 0 radical (unpaired) electrons. The van der Waals surface area contributed by atoms with E-state index in [2.05, 4.69) is 24.3 Å². The monoisotopic (exact) mass is 1230 g/mol. The fraction of sp³-hybridized carbons (Fsp3) is 0.150. The Labute approximate surface area is 540 Å². The van der Waals surface area contributed by atoms with E-state index >= 15 is 0 Å². The van der Waals surface area contributed by atoms with Gasteiger partial charge >= 0.3 is 0 Å². The lowest BCUT2D eigenvalue weighted by atomic mass is 9.93. The molecular formula is C80H76O12. The minimum absolute atomic E-state index is 0.704. The SMILES string of the molecule is COc1ccc(C(=Cc2cc(OC)c(C=C(c3ccc(OC)cc3)c3ccc(OC)cc3)cc2OC)c2ccc(OC)cc2)cc1.COc1ccc(C(=Cc2cc(OC)c(C=C(c3ccc(OC)cc3)c3ccc(OC)cc3)cc2OC)c2ccc(OC)cc2)cc1. The summed E-state index contributed by atoms with van der Waals surface area (Å²) < 4.78 is 67.2. The normalized spacial score (nSPS) is 10.4. The molecular weight excluding hydrogens is 1150 g/mol. The second-order valence-electron chi connectivity index (χ2n) is 20.7. The first-order chi connectivity index (χ1) is 45.0. The van der Waals surface area contributed by atoms with Gasteiger partial charge in [-0.3, -0.25) is 0 Å². The van der Waals surface area contributed by atoms with E-state index in [-0.39, 0.29) is 0 Å². The third kappa shape index (κ3) is 16.0. The van der Waals surface area contributed by atoms with Gasteiger partial charge in [-0.1, -0.05) is 97.1 Å². The van der Waals surface area contributed by atoms with Crippen LogP contribution in [0.25, 0.3) is 46.6 Å². The van der Waals surface area contributed by atoms with Gasteiger partial charge in [-0.2, -0.15) is 0 Å². The Bertz CT molecular complexity index is 3400. The zero-order chi connectivity index (χ0) is 64.9. The Morgan fingerprint density at radius 3 is 0.391 bits per heavy atom. The summed E-state index contributed by atoms with van der Waals surface area (Å²) in [6.07, 6.45) is 8.47. The topological polar surface area (TPSA) is 111 Å². The average Bonchev–Trinajstić information content (AvgIpc) is 1.02. The lowest BCUT2D eigenvalue weighted by molar-refractivity contribution is 0.401. The van der Waals surface area contributed by atoms with Crippen molar-refractivity contribution in [3.63, 3.8) is 0 Å². The second kappa shape index (κ2) is 31.8. The maximum Gasteiger partial charge on any atom is 0.126 e. The molecule has 12 heteroatoms. The zero-order valence-corrected chi connectivity index (χ0v) is 54.0. The zero-order valence-electron chi connectivity index (χ0n) is 54.0. The van der Waals surface area contributed by atoms with Crippen molar-refractivity contribution in [3.8, 4) is 69.0 Å². The molecule has 12 nitrogen and oxygen atoms in total. The van der Waals surface area contributed by atoms with Crippen LogP contribution < -0.4 is 56.8 Å². The second-order valence-corrected chi connectivity index (χ2v) is 20.7. The fourth-order valence-electron chi connectivity index (χ4n) is 10.5. The van der Waals surface area contributed by atoms with Gasteiger partial charge in [-0.15, -0.1) is 0 Å². The van der Waals surface area contributed by atoms with Crippen LogP contribution >= 0.6 is 0 Å². The Morgan fingerprint density at radius 2 is 0.293 bits per heavy atom. The van der Waals surface area contributed by atoms with E-state index in [4.69, 9.17) is 56.8 Å². The molecule has 0 aliphatic heterocycles. The molecule has 0 bridgehead atoms. The summed E-state index contributed by atoms with van der Waals surface area (Å²) in [6, 6.07) is 72.1. The molecule has 0 spiro atoms. The Hall–Kier alpha value is -11.2. The molecule has 0 amide bonds. The number of hydrogen-bond donors (Lipinski definition) is 0. The molecule has 10 aromatic carbocycles. The molecule has 0 N–H and O–H groups in total. The largest absolute Gasteiger partial charge is 0.497 e. The van der Waals surface area contributed by atoms with Crippen LogP contribution in [0.4, 0.5) is 0 Å². The number of rotatable bonds is 24. The van der Waals surface area contributed by atoms with Gasteiger partial charge in [0.2, 0.25) is 0 Å². The van der Waals surface area contributed by atoms with Gasteiger partial charge in [-0.05, 0) is 212 Å². The summed E-state index contributed by atoms with van der Waals surface area (Å²) >= 11 is 0. The summed E-state index contributed by atoms with van der Waals surface area (Å²) in [4.78, 5) is 0. The summed E-state index contributed by atoms with van der Waals surface area (Å²) in [5.74, 6) is 9.13. The smallest absolute Gasteiger partial charge is 0.126 e. The van der Waals surface area contributed by atoms with Crippen molar-refractivity contribution in [2.24, 2.45) is 0 Å². The van der Waals surface area contributed by atoms with E-state index < -0.39 is 0 Å². The lowest BCUT2D eigenvalue weighted by Gasteiger charge is -2.16. The van der Waals surface area contributed by atoms with E-state index in [0.29, 0.717) is 23.0 Å². The summed E-state index contributed by atoms with van der Waals surface area (Å²) in [5, 5.41) is 0. The molecule has 0 aliphatic rings. The van der Waals surface area contributed by atoms with Crippen LogP contribution in [0.15, 0.2) is 218 Å². The maximum atomic E-state index is 5.98. The van der Waals surface area contributed by atoms with Gasteiger partial charge in [0.25, 0.3) is 0 Å². The van der Waals surface area contributed by atoms with E-state index in [1.165, 1.54) is 0 Å². The van der Waals surface area contributed by atoms with E-state index in [1.807, 2.05) is 218 Å². The van der Waals surface area contributed by atoms with Gasteiger partial charge in [0.15, 0.2) is 0 Å². The first-order valence-corrected chi connectivity index (χ1v) is 29.5. The Balaban J connectivity index is 0.000000217. The molecule has 0 fully saturated rings. The minimum Gasteiger partial charge on any atom is -0.497 e. The molecule has 0 aliphatic carbocycles. The number of methoxy groups -OCH3 is 12. The highest BCUT2D eigenvalue weighted by Gasteiger charge is 2.18. The van der Waals surface area contributed by atoms with Crippen LogP contribution in [-0.2, 0) is 0 Å². The van der Waals surface area contributed by atoms with Crippen LogP contribution in [0.1, 0.15) is 66.8 Å². The van der Waals surface area contributed by atoms with Crippen LogP contribution in [0.3, 0.4) is 0 Å². The predicted octanol–water partition coefficient (Wildman–Crippen LogP) is 17.8. The molecule has 0 atom stereocenters. The first kappa shape index (κ1) is 65.2. The van der Waals surface area contributed by atoms with Crippen molar-refractivity contribution >= 4 is 46.6 Å². The number of benzene rings is 10. The summed E-state index contributed by atoms with van der Waals surface area (Å²) in [7, 11) is 20.0. The van der Waals surface area contributed by atoms with Crippen LogP contribution in [0, 0.1) is 0 Å². The highest BCUT2D eigenvalue weighted by molar-refractivity contribution is 5.97. The highest BCUT2D eigenvalue weighted by atomic mass is 16.5. The average molecular weight is 1230 g/mol. The first-order valence-electron chi connectivity index (χ1n) is 29.5. The van der Waals surface area contributed by atoms with Gasteiger partial charge in [-0.25, -0.2) is 0 Å². The van der Waals surface area contributed by atoms with E-state index in [1.54, 1.807) is 85.3 Å². The van der Waals surface area contributed by atoms with Crippen LogP contribution in [-0.4, -0.2) is 85.3 Å². The predicted molar refractivity (Wildman–Crippen MR) is 371 cm³/mol. The van der Waals surface area contributed by atoms with Crippen molar-refractivity contribution in [1.82, 2.24) is 0 Å². The lowest BCUT2D eigenvalue weighted by Crippen LogP contribution is -1.96. The Kier molecular flexibility index (Phi) is 22.5. The fourth-order valence-corrected chi connectivity index (χ4v) is 10.5. The Morgan fingerprint density at radius 1 is 0.174 bits per heavy atom. The van der Waals surface area contributed by atoms with Gasteiger partial charge in [0.05, 0.1) is 85.3 Å². The van der Waals surface area contributed by atoms with Crippen molar-refractivity contribution in [3.05, 3.63) is 285 Å². The highest BCUT2D eigenvalue weighted by Crippen LogP contribution is 2.41. The van der Waals surface area contributed by atoms with Crippen molar-refractivity contribution < 1.29 is 56.8 Å². The maximum absolute atomic E-state index is 5.98. The summed E-state index contributed by atoms with van der Waals surface area (Å²) in [6.45, 7) is 0. The molecule has 0 saturated heterocycles. The van der Waals surface area contributed by atoms with Gasteiger partial charge in [0, 0.05) is 22.3 Å². The summed E-state index contributed by atoms with van der Waals surface area (Å²) in [5.41, 5.74) is 15.7. The van der Waals surface area contributed by atoms with Crippen molar-refractivity contribution in [2.75, 3.05) is 85.3 Å². The number of hydrogen-bond acceptors (Lipinski definition) is 12. The minimum atomic E-state index is 0.704. The van der Waals surface area contributed by atoms with E-state index in [0.717, 1.165) is 135 Å². The van der Waals surface area contributed by atoms with Crippen molar-refractivity contribution in [2.45, 2.75) is 0 Å². The van der Waals surface area contributed by atoms with Crippen LogP contribution in [0.2, 0.25) is 0 Å². The quantitative estimate of drug-likeness (QED) is 0.0537. The standard InChI is InChI=1S/2C40H38O6/c2*1-41-33-15-7-27(8-16-33)37(28-9-17-34(42-2)18-10-28)23-31-25-40(46-6)32(26-39(31)45-5)24-38(29-11-19-35(43-3)20-12-29)30-13-21-36(44-4)22-14-30/h2*7-26H,1-6H3. The molecule has 10 rings (SSSR count).